The molecule has 0 unspecified atom stereocenters. The molecule has 230 valence electrons. The molecule has 0 radical (unpaired) electrons. The zero-order chi connectivity index (χ0) is 31.9. The number of aromatic nitrogens is 1. The first-order valence-electron chi connectivity index (χ1n) is 12.2. The van der Waals surface area contributed by atoms with E-state index in [9.17, 15) is 35.9 Å². The zero-order valence-electron chi connectivity index (χ0n) is 22.4. The monoisotopic (exact) mass is 606 g/mol. The van der Waals surface area contributed by atoms with Gasteiger partial charge in [-0.1, -0.05) is 18.2 Å². The second-order valence-electron chi connectivity index (χ2n) is 9.64. The number of piperidine rings is 1. The number of rotatable bonds is 3. The number of amides is 2. The molecule has 2 aliphatic heterocycles. The van der Waals surface area contributed by atoms with Gasteiger partial charge in [-0.15, -0.1) is 0 Å². The molecule has 10 nitrogen and oxygen atoms in total. The van der Waals surface area contributed by atoms with E-state index in [-0.39, 0.29) is 17.2 Å². The second-order valence-corrected chi connectivity index (χ2v) is 9.64. The van der Waals surface area contributed by atoms with Crippen molar-refractivity contribution in [2.75, 3.05) is 38.6 Å². The molecule has 2 amide bonds. The van der Waals surface area contributed by atoms with E-state index in [0.29, 0.717) is 26.1 Å². The van der Waals surface area contributed by atoms with Gasteiger partial charge in [0.15, 0.2) is 0 Å². The number of carboxylic acid groups (broad SMARTS) is 2. The van der Waals surface area contributed by atoms with E-state index in [1.54, 1.807) is 17.3 Å². The van der Waals surface area contributed by atoms with E-state index < -0.39 is 24.3 Å². The van der Waals surface area contributed by atoms with Crippen molar-refractivity contribution in [2.24, 2.45) is 0 Å². The summed E-state index contributed by atoms with van der Waals surface area (Å²) in [6.07, 6.45) is -4.62. The number of pyridine rings is 1. The van der Waals surface area contributed by atoms with Crippen LogP contribution >= 0.6 is 0 Å². The number of fused-ring (bicyclic) bond motifs is 2. The summed E-state index contributed by atoms with van der Waals surface area (Å²) in [5.74, 6) is -5.26. The van der Waals surface area contributed by atoms with Gasteiger partial charge >= 0.3 is 24.3 Å². The Morgan fingerprint density at radius 3 is 1.90 bits per heavy atom. The van der Waals surface area contributed by atoms with Gasteiger partial charge in [-0.25, -0.2) is 9.59 Å². The first-order valence-corrected chi connectivity index (χ1v) is 12.2. The molecule has 1 aromatic heterocycles. The van der Waals surface area contributed by atoms with Crippen LogP contribution in [0.5, 0.6) is 0 Å². The number of carbonyl (C=O) groups is 4. The van der Waals surface area contributed by atoms with Crippen molar-refractivity contribution in [3.8, 4) is 0 Å². The van der Waals surface area contributed by atoms with Crippen LogP contribution in [0.2, 0.25) is 0 Å². The highest BCUT2D eigenvalue weighted by molar-refractivity contribution is 6.04. The molecule has 42 heavy (non-hydrogen) atoms. The van der Waals surface area contributed by atoms with Gasteiger partial charge in [0.25, 0.3) is 0 Å². The van der Waals surface area contributed by atoms with Crippen LogP contribution in [0.25, 0.3) is 0 Å². The van der Waals surface area contributed by atoms with Crippen molar-refractivity contribution in [1.29, 1.82) is 0 Å². The average Bonchev–Trinajstić information content (AvgIpc) is 2.89. The largest absolute Gasteiger partial charge is 0.490 e. The van der Waals surface area contributed by atoms with Crippen molar-refractivity contribution >= 4 is 35.1 Å². The Balaban J connectivity index is 0.000000367. The number of benzene rings is 1. The lowest BCUT2D eigenvalue weighted by molar-refractivity contribution is -0.193. The van der Waals surface area contributed by atoms with E-state index in [4.69, 9.17) is 19.8 Å². The Hall–Kier alpha value is -4.21. The molecule has 3 heterocycles. The van der Waals surface area contributed by atoms with Gasteiger partial charge in [0, 0.05) is 31.1 Å². The molecule has 16 heteroatoms. The van der Waals surface area contributed by atoms with Crippen LogP contribution in [0, 0.1) is 0 Å². The molecule has 0 bridgehead atoms. The highest BCUT2D eigenvalue weighted by Gasteiger charge is 2.46. The van der Waals surface area contributed by atoms with E-state index in [0.717, 1.165) is 24.2 Å². The minimum atomic E-state index is -5.08. The molecular formula is C26H28F6N4O6. The van der Waals surface area contributed by atoms with Crippen molar-refractivity contribution in [3.63, 3.8) is 0 Å². The number of hydrogen-bond donors (Lipinski definition) is 2. The Labute approximate surface area is 236 Å². The fourth-order valence-corrected chi connectivity index (χ4v) is 4.49. The highest BCUT2D eigenvalue weighted by Crippen LogP contribution is 2.48. The predicted octanol–water partition coefficient (Wildman–Crippen LogP) is 3.84. The highest BCUT2D eigenvalue weighted by atomic mass is 19.4. The summed E-state index contributed by atoms with van der Waals surface area (Å²) in [6, 6.07) is 11.9. The van der Waals surface area contributed by atoms with Gasteiger partial charge in [-0.3, -0.25) is 19.5 Å². The maximum atomic E-state index is 13.2. The molecule has 1 aromatic carbocycles. The van der Waals surface area contributed by atoms with E-state index in [1.165, 1.54) is 5.56 Å². The number of carbonyl (C=O) groups excluding carboxylic acids is 2. The molecular weight excluding hydrogens is 578 g/mol. The molecule has 0 saturated carbocycles. The first-order chi connectivity index (χ1) is 19.4. The fraction of sp³-hybridized carbons (Fsp3) is 0.423. The standard InChI is InChI=1S/C22H26N4O2.2C2HF3O2/c1-24(2)16-21(28)25-12-9-22(10-13-25)14-20(27)26(17-6-5-11-23-15-17)19-8-4-3-7-18(19)22;2*3-2(4,5)1(6)7/h3-8,11,15H,9-10,12-14,16H2,1-2H3;2*(H,6,7). The minimum Gasteiger partial charge on any atom is -0.475 e. The minimum absolute atomic E-state index is 0.0970. The number of alkyl halides is 6. The predicted molar refractivity (Wildman–Crippen MR) is 136 cm³/mol. The topological polar surface area (TPSA) is 131 Å². The van der Waals surface area contributed by atoms with Crippen molar-refractivity contribution in [3.05, 3.63) is 54.4 Å². The summed E-state index contributed by atoms with van der Waals surface area (Å²) in [5, 5.41) is 14.2. The Morgan fingerprint density at radius 2 is 1.45 bits per heavy atom. The summed E-state index contributed by atoms with van der Waals surface area (Å²) < 4.78 is 63.5. The smallest absolute Gasteiger partial charge is 0.475 e. The SMILES string of the molecule is CN(C)CC(=O)N1CCC2(CC1)CC(=O)N(c1cccnc1)c1ccccc12.O=C(O)C(F)(F)F.O=C(O)C(F)(F)F. The van der Waals surface area contributed by atoms with Crippen LogP contribution in [0.3, 0.4) is 0 Å². The Morgan fingerprint density at radius 1 is 0.929 bits per heavy atom. The van der Waals surface area contributed by atoms with Crippen LogP contribution < -0.4 is 4.90 Å². The van der Waals surface area contributed by atoms with Crippen molar-refractivity contribution in [2.45, 2.75) is 37.0 Å². The van der Waals surface area contributed by atoms with Gasteiger partial charge < -0.3 is 20.0 Å². The quantitative estimate of drug-likeness (QED) is 0.504. The lowest BCUT2D eigenvalue weighted by Gasteiger charge is -2.47. The third-order valence-corrected chi connectivity index (χ3v) is 6.37. The van der Waals surface area contributed by atoms with E-state index in [1.807, 2.05) is 54.2 Å². The third-order valence-electron chi connectivity index (χ3n) is 6.37. The third kappa shape index (κ3) is 8.89. The van der Waals surface area contributed by atoms with Crippen LogP contribution in [-0.2, 0) is 24.6 Å². The Bertz CT molecular complexity index is 1240. The summed E-state index contributed by atoms with van der Waals surface area (Å²) in [7, 11) is 3.82. The second kappa shape index (κ2) is 13.6. The lowest BCUT2D eigenvalue weighted by Crippen LogP contribution is -2.51. The summed E-state index contributed by atoms with van der Waals surface area (Å²) in [4.78, 5) is 53.2. The molecule has 2 aromatic rings. The Kier molecular flexibility index (Phi) is 11.0. The normalized spacial score (nSPS) is 16.1. The molecule has 4 rings (SSSR count). The van der Waals surface area contributed by atoms with Gasteiger partial charge in [-0.05, 0) is 50.7 Å². The average molecular weight is 607 g/mol. The van der Waals surface area contributed by atoms with Gasteiger partial charge in [0.2, 0.25) is 11.8 Å². The maximum Gasteiger partial charge on any atom is 0.490 e. The van der Waals surface area contributed by atoms with E-state index in [2.05, 4.69) is 11.1 Å². The summed E-state index contributed by atoms with van der Waals surface area (Å²) in [5.41, 5.74) is 2.76. The summed E-state index contributed by atoms with van der Waals surface area (Å²) in [6.45, 7) is 1.82. The zero-order valence-corrected chi connectivity index (χ0v) is 22.4. The van der Waals surface area contributed by atoms with Crippen LogP contribution in [-0.4, -0.2) is 94.8 Å². The van der Waals surface area contributed by atoms with Crippen LogP contribution in [0.1, 0.15) is 24.8 Å². The number of carboxylic acids is 2. The molecule has 1 spiro atoms. The number of para-hydroxylation sites is 1. The van der Waals surface area contributed by atoms with E-state index >= 15 is 0 Å². The van der Waals surface area contributed by atoms with Gasteiger partial charge in [-0.2, -0.15) is 26.3 Å². The fourth-order valence-electron chi connectivity index (χ4n) is 4.49. The molecule has 0 atom stereocenters. The molecule has 0 aliphatic carbocycles. The van der Waals surface area contributed by atoms with Crippen molar-refractivity contribution < 1.29 is 55.7 Å². The number of aliphatic carboxylic acids is 2. The molecule has 2 aliphatic rings. The molecule has 1 fully saturated rings. The maximum absolute atomic E-state index is 13.2. The van der Waals surface area contributed by atoms with Crippen LogP contribution in [0.4, 0.5) is 37.7 Å². The lowest BCUT2D eigenvalue weighted by atomic mass is 9.67. The van der Waals surface area contributed by atoms with Gasteiger partial charge in [0.1, 0.15) is 0 Å². The molecule has 2 N–H and O–H groups in total. The van der Waals surface area contributed by atoms with Gasteiger partial charge in [0.05, 0.1) is 24.1 Å². The first kappa shape index (κ1) is 34.0. The number of anilines is 2. The number of likely N-dealkylation sites (N-methyl/N-ethyl adjacent to an activating group) is 1. The van der Waals surface area contributed by atoms with Crippen molar-refractivity contribution in [1.82, 2.24) is 14.8 Å². The summed E-state index contributed by atoms with van der Waals surface area (Å²) >= 11 is 0. The van der Waals surface area contributed by atoms with Crippen LogP contribution in [0.15, 0.2) is 48.8 Å². The number of hydrogen-bond acceptors (Lipinski definition) is 6. The number of nitrogens with zero attached hydrogens (tertiary/aromatic N) is 4. The number of halogens is 6. The molecule has 1 saturated heterocycles. The number of likely N-dealkylation sites (tertiary alicyclic amines) is 1.